The van der Waals surface area contributed by atoms with E-state index in [-0.39, 0.29) is 0 Å². The van der Waals surface area contributed by atoms with Crippen LogP contribution >= 0.6 is 0 Å². The van der Waals surface area contributed by atoms with Gasteiger partial charge in [0.15, 0.2) is 0 Å². The first kappa shape index (κ1) is 32.5. The van der Waals surface area contributed by atoms with Gasteiger partial charge in [0.05, 0.1) is 5.41 Å². The van der Waals surface area contributed by atoms with Crippen molar-refractivity contribution < 1.29 is 0 Å². The van der Waals surface area contributed by atoms with Crippen LogP contribution in [-0.2, 0) is 11.8 Å². The van der Waals surface area contributed by atoms with Crippen LogP contribution in [0.15, 0.2) is 218 Å². The number of fused-ring (bicyclic) bond motifs is 3. The summed E-state index contributed by atoms with van der Waals surface area (Å²) in [4.78, 5) is 2.33. The largest absolute Gasteiger partial charge is 0.311 e. The van der Waals surface area contributed by atoms with Crippen LogP contribution in [0.25, 0.3) is 11.1 Å². The van der Waals surface area contributed by atoms with Crippen LogP contribution in [0.3, 0.4) is 0 Å². The van der Waals surface area contributed by atoms with Gasteiger partial charge in [-0.15, -0.1) is 0 Å². The maximum absolute atomic E-state index is 2.40. The number of anilines is 3. The Morgan fingerprint density at radius 3 is 1.28 bits per heavy atom. The summed E-state index contributed by atoms with van der Waals surface area (Å²) in [6.07, 6.45) is 2.08. The number of para-hydroxylation sites is 2. The second-order valence-corrected chi connectivity index (χ2v) is 14.0. The molecule has 0 aromatic heterocycles. The molecule has 0 saturated carbocycles. The molecule has 0 saturated heterocycles. The molecule has 0 amide bonds. The van der Waals surface area contributed by atoms with Crippen molar-refractivity contribution in [3.8, 4) is 11.1 Å². The van der Waals surface area contributed by atoms with E-state index in [1.807, 2.05) is 0 Å². The van der Waals surface area contributed by atoms with Crippen LogP contribution in [-0.4, -0.2) is 0 Å². The second kappa shape index (κ2) is 14.3. The van der Waals surface area contributed by atoms with Gasteiger partial charge in [0.2, 0.25) is 0 Å². The Bertz CT molecular complexity index is 2330. The lowest BCUT2D eigenvalue weighted by Gasteiger charge is -2.35. The molecular weight excluding hydrogens is 639 g/mol. The molecule has 1 aliphatic carbocycles. The molecular formula is C52H41N. The summed E-state index contributed by atoms with van der Waals surface area (Å²) < 4.78 is 0. The molecule has 1 heteroatoms. The average molecular weight is 680 g/mol. The standard InChI is InChI=1S/C52H41N/c1-5-17-39(18-6-1)29-38-47(40-19-7-2-8-20-40)41-30-32-42(33-31-41)52(50-27-15-13-25-48(50)49-26-14-16-28-51(49)52)43-34-36-46(37-35-43)53(44-21-9-3-10-22-44)45-23-11-4-12-24-45/h1-28,30-37,47H,29,38H2. The fourth-order valence-corrected chi connectivity index (χ4v) is 8.62. The third kappa shape index (κ3) is 5.95. The minimum Gasteiger partial charge on any atom is -0.311 e. The Labute approximate surface area is 313 Å². The van der Waals surface area contributed by atoms with E-state index in [1.165, 1.54) is 50.1 Å². The molecule has 1 unspecified atom stereocenters. The summed E-state index contributed by atoms with van der Waals surface area (Å²) in [5.74, 6) is 0.297. The molecule has 0 heterocycles. The third-order valence-electron chi connectivity index (χ3n) is 11.1. The molecule has 8 aromatic rings. The van der Waals surface area contributed by atoms with Crippen molar-refractivity contribution in [2.75, 3.05) is 4.90 Å². The maximum atomic E-state index is 2.40. The smallest absolute Gasteiger partial charge is 0.0713 e. The molecule has 53 heavy (non-hydrogen) atoms. The summed E-state index contributed by atoms with van der Waals surface area (Å²) in [5.41, 5.74) is 14.8. The van der Waals surface area contributed by atoms with Gasteiger partial charge in [0, 0.05) is 23.0 Å². The molecule has 9 rings (SSSR count). The van der Waals surface area contributed by atoms with Gasteiger partial charge >= 0.3 is 0 Å². The van der Waals surface area contributed by atoms with Crippen molar-refractivity contribution in [3.63, 3.8) is 0 Å². The van der Waals surface area contributed by atoms with Crippen molar-refractivity contribution in [2.45, 2.75) is 24.2 Å². The SMILES string of the molecule is c1ccc(CCC(c2ccccc2)c2ccc(C3(c4ccc(N(c5ccccc5)c5ccccc5)cc4)c4ccccc4-c4ccccc43)cc2)cc1. The predicted molar refractivity (Wildman–Crippen MR) is 221 cm³/mol. The number of hydrogen-bond acceptors (Lipinski definition) is 1. The van der Waals surface area contributed by atoms with Gasteiger partial charge in [-0.05, 0) is 99.3 Å². The Morgan fingerprint density at radius 1 is 0.358 bits per heavy atom. The van der Waals surface area contributed by atoms with Gasteiger partial charge in [0.25, 0.3) is 0 Å². The highest BCUT2D eigenvalue weighted by Gasteiger charge is 2.46. The van der Waals surface area contributed by atoms with E-state index in [4.69, 9.17) is 0 Å². The van der Waals surface area contributed by atoms with Gasteiger partial charge < -0.3 is 4.90 Å². The highest BCUT2D eigenvalue weighted by atomic mass is 15.1. The molecule has 0 aliphatic heterocycles. The van der Waals surface area contributed by atoms with E-state index in [1.54, 1.807) is 0 Å². The molecule has 0 spiro atoms. The first-order valence-corrected chi connectivity index (χ1v) is 18.7. The Morgan fingerprint density at radius 2 is 0.755 bits per heavy atom. The van der Waals surface area contributed by atoms with Crippen molar-refractivity contribution in [1.82, 2.24) is 0 Å². The monoisotopic (exact) mass is 679 g/mol. The third-order valence-corrected chi connectivity index (χ3v) is 11.1. The molecule has 0 fully saturated rings. The van der Waals surface area contributed by atoms with Crippen molar-refractivity contribution in [1.29, 1.82) is 0 Å². The fourth-order valence-electron chi connectivity index (χ4n) is 8.62. The maximum Gasteiger partial charge on any atom is 0.0713 e. The van der Waals surface area contributed by atoms with E-state index in [9.17, 15) is 0 Å². The van der Waals surface area contributed by atoms with Gasteiger partial charge in [-0.25, -0.2) is 0 Å². The number of hydrogen-bond donors (Lipinski definition) is 0. The van der Waals surface area contributed by atoms with E-state index in [0.29, 0.717) is 5.92 Å². The highest BCUT2D eigenvalue weighted by Crippen LogP contribution is 2.56. The molecule has 1 atom stereocenters. The first-order valence-electron chi connectivity index (χ1n) is 18.7. The summed E-state index contributed by atoms with van der Waals surface area (Å²) in [5, 5.41) is 0. The number of aryl methyl sites for hydroxylation is 1. The first-order chi connectivity index (χ1) is 26.3. The van der Waals surface area contributed by atoms with Crippen molar-refractivity contribution in [2.24, 2.45) is 0 Å². The van der Waals surface area contributed by atoms with Gasteiger partial charge in [-0.3, -0.25) is 0 Å². The summed E-state index contributed by atoms with van der Waals surface area (Å²) in [6, 6.07) is 80.1. The van der Waals surface area contributed by atoms with Gasteiger partial charge in [-0.2, -0.15) is 0 Å². The fraction of sp³-hybridized carbons (Fsp3) is 0.0769. The number of nitrogens with zero attached hydrogens (tertiary/aromatic N) is 1. The Kier molecular flexibility index (Phi) is 8.75. The van der Waals surface area contributed by atoms with Crippen LogP contribution in [0.5, 0.6) is 0 Å². The van der Waals surface area contributed by atoms with Crippen LogP contribution in [0.2, 0.25) is 0 Å². The minimum atomic E-state index is -0.471. The van der Waals surface area contributed by atoms with Crippen LogP contribution in [0, 0.1) is 0 Å². The molecule has 0 N–H and O–H groups in total. The topological polar surface area (TPSA) is 3.24 Å². The summed E-state index contributed by atoms with van der Waals surface area (Å²) in [7, 11) is 0. The van der Waals surface area contributed by atoms with E-state index in [0.717, 1.165) is 29.9 Å². The molecule has 8 aromatic carbocycles. The van der Waals surface area contributed by atoms with Crippen molar-refractivity contribution >= 4 is 17.1 Å². The lowest BCUT2D eigenvalue weighted by atomic mass is 9.67. The highest BCUT2D eigenvalue weighted by molar-refractivity contribution is 5.86. The lowest BCUT2D eigenvalue weighted by molar-refractivity contribution is 0.712. The van der Waals surface area contributed by atoms with Crippen molar-refractivity contribution in [3.05, 3.63) is 257 Å². The van der Waals surface area contributed by atoms with Gasteiger partial charge in [0.1, 0.15) is 0 Å². The van der Waals surface area contributed by atoms with E-state index < -0.39 is 5.41 Å². The zero-order valence-corrected chi connectivity index (χ0v) is 29.7. The van der Waals surface area contributed by atoms with E-state index >= 15 is 0 Å². The summed E-state index contributed by atoms with van der Waals surface area (Å²) >= 11 is 0. The molecule has 1 nitrogen and oxygen atoms in total. The second-order valence-electron chi connectivity index (χ2n) is 14.0. The van der Waals surface area contributed by atoms with Gasteiger partial charge in [-0.1, -0.05) is 182 Å². The minimum absolute atomic E-state index is 0.297. The number of benzene rings is 8. The average Bonchev–Trinajstić information content (AvgIpc) is 3.54. The zero-order valence-electron chi connectivity index (χ0n) is 29.7. The van der Waals surface area contributed by atoms with Crippen LogP contribution in [0.1, 0.15) is 51.3 Å². The molecule has 0 radical (unpaired) electrons. The Hall–Kier alpha value is -6.44. The normalized spacial score (nSPS) is 13.1. The predicted octanol–water partition coefficient (Wildman–Crippen LogP) is 13.3. The van der Waals surface area contributed by atoms with Crippen LogP contribution in [0.4, 0.5) is 17.1 Å². The lowest BCUT2D eigenvalue weighted by Crippen LogP contribution is -2.28. The summed E-state index contributed by atoms with van der Waals surface area (Å²) in [6.45, 7) is 0. The zero-order chi connectivity index (χ0) is 35.5. The van der Waals surface area contributed by atoms with E-state index in [2.05, 4.69) is 223 Å². The molecule has 0 bridgehead atoms. The molecule has 254 valence electrons. The number of rotatable bonds is 10. The van der Waals surface area contributed by atoms with Crippen LogP contribution < -0.4 is 4.90 Å². The Balaban J connectivity index is 1.17. The quantitative estimate of drug-likeness (QED) is 0.139. The molecule has 1 aliphatic rings.